The maximum absolute atomic E-state index is 5.67. The SMILES string of the molecule is C1CCC(c2nc(C34CC5CC(CC(C5)C3)C4)no2)NC1.Cl. The van der Waals surface area contributed by atoms with Crippen molar-refractivity contribution in [3.05, 3.63) is 11.7 Å². The molecule has 4 saturated carbocycles. The Morgan fingerprint density at radius 2 is 1.68 bits per heavy atom. The molecular weight excluding hydrogens is 298 g/mol. The second kappa shape index (κ2) is 5.48. The third kappa shape index (κ3) is 2.30. The first-order chi connectivity index (χ1) is 10.3. The maximum Gasteiger partial charge on any atom is 0.243 e. The molecule has 6 rings (SSSR count). The van der Waals surface area contributed by atoms with E-state index in [1.165, 1.54) is 51.4 Å². The van der Waals surface area contributed by atoms with Gasteiger partial charge in [0.05, 0.1) is 6.04 Å². The summed E-state index contributed by atoms with van der Waals surface area (Å²) in [5.74, 6) is 4.70. The van der Waals surface area contributed by atoms with Crippen LogP contribution in [0.5, 0.6) is 0 Å². The first-order valence-corrected chi connectivity index (χ1v) is 8.88. The molecule has 0 radical (unpaired) electrons. The molecule has 4 bridgehead atoms. The molecule has 1 saturated heterocycles. The summed E-state index contributed by atoms with van der Waals surface area (Å²) in [5, 5.41) is 7.98. The summed E-state index contributed by atoms with van der Waals surface area (Å²) in [5.41, 5.74) is 0.269. The average Bonchev–Trinajstić information content (AvgIpc) is 2.97. The van der Waals surface area contributed by atoms with Gasteiger partial charge in [-0.05, 0) is 75.7 Å². The first kappa shape index (κ1) is 14.9. The van der Waals surface area contributed by atoms with Crippen LogP contribution in [0.1, 0.15) is 75.5 Å². The Morgan fingerprint density at radius 3 is 2.27 bits per heavy atom. The number of hydrogen-bond acceptors (Lipinski definition) is 4. The lowest BCUT2D eigenvalue weighted by Gasteiger charge is -2.55. The molecule has 4 aliphatic carbocycles. The van der Waals surface area contributed by atoms with Crippen molar-refractivity contribution >= 4 is 12.4 Å². The molecule has 1 aromatic rings. The third-order valence-electron chi connectivity index (χ3n) is 6.56. The molecule has 1 N–H and O–H groups in total. The van der Waals surface area contributed by atoms with E-state index >= 15 is 0 Å². The summed E-state index contributed by atoms with van der Waals surface area (Å²) in [6, 6.07) is 0.300. The van der Waals surface area contributed by atoms with Gasteiger partial charge in [-0.3, -0.25) is 0 Å². The number of rotatable bonds is 2. The lowest BCUT2D eigenvalue weighted by molar-refractivity contribution is -0.0103. The molecule has 5 fully saturated rings. The molecule has 1 aliphatic heterocycles. The maximum atomic E-state index is 5.67. The molecule has 0 spiro atoms. The van der Waals surface area contributed by atoms with Gasteiger partial charge in [0.25, 0.3) is 0 Å². The van der Waals surface area contributed by atoms with Gasteiger partial charge in [0.15, 0.2) is 5.82 Å². The van der Waals surface area contributed by atoms with E-state index in [1.807, 2.05) is 0 Å². The van der Waals surface area contributed by atoms with Crippen LogP contribution in [0.25, 0.3) is 0 Å². The zero-order chi connectivity index (χ0) is 13.9. The molecule has 0 amide bonds. The summed E-state index contributed by atoms with van der Waals surface area (Å²) in [6.07, 6.45) is 12.0. The van der Waals surface area contributed by atoms with Crippen LogP contribution < -0.4 is 5.32 Å². The van der Waals surface area contributed by atoms with Gasteiger partial charge in [-0.25, -0.2) is 0 Å². The molecule has 122 valence electrons. The number of hydrogen-bond donors (Lipinski definition) is 1. The van der Waals surface area contributed by atoms with Crippen molar-refractivity contribution in [2.75, 3.05) is 6.54 Å². The zero-order valence-electron chi connectivity index (χ0n) is 13.1. The van der Waals surface area contributed by atoms with Crippen molar-refractivity contribution in [1.29, 1.82) is 0 Å². The van der Waals surface area contributed by atoms with Crippen molar-refractivity contribution in [2.24, 2.45) is 17.8 Å². The van der Waals surface area contributed by atoms with Crippen LogP contribution >= 0.6 is 12.4 Å². The van der Waals surface area contributed by atoms with Gasteiger partial charge >= 0.3 is 0 Å². The van der Waals surface area contributed by atoms with Crippen molar-refractivity contribution < 1.29 is 4.52 Å². The lowest BCUT2D eigenvalue weighted by atomic mass is 9.49. The van der Waals surface area contributed by atoms with Crippen LogP contribution in [0.15, 0.2) is 4.52 Å². The number of nitrogens with zero attached hydrogens (tertiary/aromatic N) is 2. The third-order valence-corrected chi connectivity index (χ3v) is 6.56. The molecule has 1 aromatic heterocycles. The molecule has 1 atom stereocenters. The molecule has 5 heteroatoms. The van der Waals surface area contributed by atoms with Gasteiger partial charge in [-0.2, -0.15) is 4.98 Å². The Kier molecular flexibility index (Phi) is 3.73. The minimum absolute atomic E-state index is 0. The number of halogens is 1. The van der Waals surface area contributed by atoms with Crippen molar-refractivity contribution in [2.45, 2.75) is 69.2 Å². The minimum Gasteiger partial charge on any atom is -0.338 e. The summed E-state index contributed by atoms with van der Waals surface area (Å²) in [7, 11) is 0. The van der Waals surface area contributed by atoms with E-state index in [4.69, 9.17) is 9.51 Å². The highest BCUT2D eigenvalue weighted by molar-refractivity contribution is 5.85. The highest BCUT2D eigenvalue weighted by Gasteiger charge is 2.53. The number of aromatic nitrogens is 2. The van der Waals surface area contributed by atoms with Gasteiger partial charge in [-0.15, -0.1) is 12.4 Å². The van der Waals surface area contributed by atoms with Gasteiger partial charge in [0, 0.05) is 5.41 Å². The second-order valence-electron chi connectivity index (χ2n) is 8.16. The Morgan fingerprint density at radius 1 is 1.00 bits per heavy atom. The van der Waals surface area contributed by atoms with Crippen molar-refractivity contribution in [3.63, 3.8) is 0 Å². The number of nitrogens with one attached hydrogen (secondary N) is 1. The first-order valence-electron chi connectivity index (χ1n) is 8.88. The van der Waals surface area contributed by atoms with Crippen molar-refractivity contribution in [3.8, 4) is 0 Å². The summed E-state index contributed by atoms with van der Waals surface area (Å²) < 4.78 is 5.67. The number of piperidine rings is 1. The molecule has 2 heterocycles. The van der Waals surface area contributed by atoms with Crippen LogP contribution in [0.4, 0.5) is 0 Å². The standard InChI is InChI=1S/C17H25N3O.ClH/c1-2-4-18-14(3-1)15-19-16(20-21-15)17-8-11-5-12(9-17)7-13(6-11)10-17;/h11-14,18H,1-10H2;1H. The van der Waals surface area contributed by atoms with E-state index in [9.17, 15) is 0 Å². The fourth-order valence-electron chi connectivity index (χ4n) is 6.04. The largest absolute Gasteiger partial charge is 0.338 e. The lowest BCUT2D eigenvalue weighted by Crippen LogP contribution is -2.49. The van der Waals surface area contributed by atoms with Gasteiger partial charge < -0.3 is 9.84 Å². The fraction of sp³-hybridized carbons (Fsp3) is 0.882. The Labute approximate surface area is 138 Å². The van der Waals surface area contributed by atoms with Gasteiger partial charge in [-0.1, -0.05) is 11.6 Å². The van der Waals surface area contributed by atoms with E-state index in [-0.39, 0.29) is 17.8 Å². The summed E-state index contributed by atoms with van der Waals surface area (Å²) in [6.45, 7) is 1.08. The van der Waals surface area contributed by atoms with Crippen LogP contribution in [-0.2, 0) is 5.41 Å². The van der Waals surface area contributed by atoms with E-state index in [1.54, 1.807) is 0 Å². The minimum atomic E-state index is 0. The Hall–Kier alpha value is -0.610. The molecule has 0 aromatic carbocycles. The summed E-state index contributed by atoms with van der Waals surface area (Å²) >= 11 is 0. The quantitative estimate of drug-likeness (QED) is 0.900. The van der Waals surface area contributed by atoms with Crippen LogP contribution in [0.2, 0.25) is 0 Å². The van der Waals surface area contributed by atoms with E-state index in [0.717, 1.165) is 42.4 Å². The van der Waals surface area contributed by atoms with Crippen LogP contribution in [-0.4, -0.2) is 16.7 Å². The molecule has 1 unspecified atom stereocenters. The zero-order valence-corrected chi connectivity index (χ0v) is 13.9. The predicted molar refractivity (Wildman–Crippen MR) is 86.0 cm³/mol. The Balaban J connectivity index is 0.00000125. The average molecular weight is 324 g/mol. The molecular formula is C17H26ClN3O. The Bertz CT molecular complexity index is 502. The van der Waals surface area contributed by atoms with Gasteiger partial charge in [0.2, 0.25) is 5.89 Å². The second-order valence-corrected chi connectivity index (χ2v) is 8.16. The fourth-order valence-corrected chi connectivity index (χ4v) is 6.04. The van der Waals surface area contributed by atoms with E-state index in [2.05, 4.69) is 10.5 Å². The molecule has 22 heavy (non-hydrogen) atoms. The van der Waals surface area contributed by atoms with E-state index < -0.39 is 0 Å². The van der Waals surface area contributed by atoms with Crippen LogP contribution in [0.3, 0.4) is 0 Å². The normalized spacial score (nSPS) is 43.1. The van der Waals surface area contributed by atoms with Crippen LogP contribution in [0, 0.1) is 17.8 Å². The summed E-state index contributed by atoms with van der Waals surface area (Å²) in [4.78, 5) is 4.88. The molecule has 5 aliphatic rings. The smallest absolute Gasteiger partial charge is 0.243 e. The van der Waals surface area contributed by atoms with E-state index in [0.29, 0.717) is 6.04 Å². The predicted octanol–water partition coefficient (Wildman–Crippen LogP) is 3.77. The van der Waals surface area contributed by atoms with Gasteiger partial charge in [0.1, 0.15) is 0 Å². The topological polar surface area (TPSA) is 51.0 Å². The van der Waals surface area contributed by atoms with Crippen molar-refractivity contribution in [1.82, 2.24) is 15.5 Å². The highest BCUT2D eigenvalue weighted by atomic mass is 35.5. The molecule has 4 nitrogen and oxygen atoms in total. The monoisotopic (exact) mass is 323 g/mol. The highest BCUT2D eigenvalue weighted by Crippen LogP contribution is 2.60.